The summed E-state index contributed by atoms with van der Waals surface area (Å²) < 4.78 is 7.92. The highest BCUT2D eigenvalue weighted by Gasteiger charge is 2.26. The van der Waals surface area contributed by atoms with Crippen LogP contribution in [0.5, 0.6) is 5.75 Å². The highest BCUT2D eigenvalue weighted by atomic mass is 35.5. The summed E-state index contributed by atoms with van der Waals surface area (Å²) in [5.41, 5.74) is 3.30. The number of para-hydroxylation sites is 2. The van der Waals surface area contributed by atoms with E-state index in [0.717, 1.165) is 22.6 Å². The molecule has 0 amide bonds. The second-order valence-corrected chi connectivity index (χ2v) is 6.98. The molecule has 0 spiro atoms. The molecule has 2 aromatic carbocycles. The number of aromatic nitrogens is 2. The van der Waals surface area contributed by atoms with Crippen LogP contribution in [0.1, 0.15) is 36.6 Å². The Morgan fingerprint density at radius 1 is 1.15 bits per heavy atom. The minimum absolute atomic E-state index is 0. The molecule has 1 unspecified atom stereocenters. The van der Waals surface area contributed by atoms with E-state index in [2.05, 4.69) is 10.6 Å². The van der Waals surface area contributed by atoms with Gasteiger partial charge in [0.05, 0.1) is 17.6 Å². The molecule has 1 aliphatic carbocycles. The average molecular weight is 373 g/mol. The highest BCUT2D eigenvalue weighted by Crippen LogP contribution is 2.37. The Labute approximate surface area is 160 Å². The lowest BCUT2D eigenvalue weighted by Gasteiger charge is -2.26. The van der Waals surface area contributed by atoms with E-state index in [4.69, 9.17) is 9.72 Å². The minimum Gasteiger partial charge on any atom is -0.491 e. The lowest BCUT2D eigenvalue weighted by atomic mass is 9.85. The summed E-state index contributed by atoms with van der Waals surface area (Å²) >= 11 is 0. The Morgan fingerprint density at radius 3 is 2.58 bits per heavy atom. The fraction of sp³-hybridized carbons (Fsp3) is 0.381. The van der Waals surface area contributed by atoms with Crippen molar-refractivity contribution in [2.45, 2.75) is 44.8 Å². The maximum atomic E-state index is 10.5. The molecule has 0 radical (unpaired) electrons. The van der Waals surface area contributed by atoms with E-state index in [-0.39, 0.29) is 19.0 Å². The highest BCUT2D eigenvalue weighted by molar-refractivity contribution is 5.85. The van der Waals surface area contributed by atoms with Crippen LogP contribution in [0.15, 0.2) is 48.5 Å². The normalized spacial score (nSPS) is 15.3. The van der Waals surface area contributed by atoms with Gasteiger partial charge >= 0.3 is 0 Å². The summed E-state index contributed by atoms with van der Waals surface area (Å²) in [5, 5.41) is 10.5. The number of imidazole rings is 1. The lowest BCUT2D eigenvalue weighted by Crippen LogP contribution is -2.26. The number of aliphatic hydroxyl groups excluding tert-OH is 1. The largest absolute Gasteiger partial charge is 0.491 e. The van der Waals surface area contributed by atoms with Crippen LogP contribution >= 0.6 is 12.4 Å². The number of hydrogen-bond acceptors (Lipinski definition) is 3. The van der Waals surface area contributed by atoms with Crippen molar-refractivity contribution in [3.63, 3.8) is 0 Å². The molecule has 4 nitrogen and oxygen atoms in total. The summed E-state index contributed by atoms with van der Waals surface area (Å²) in [6, 6.07) is 16.1. The van der Waals surface area contributed by atoms with Gasteiger partial charge in [0, 0.05) is 5.92 Å². The van der Waals surface area contributed by atoms with E-state index in [1.54, 1.807) is 0 Å². The molecule has 1 aliphatic rings. The summed E-state index contributed by atoms with van der Waals surface area (Å²) in [6.45, 7) is 2.84. The van der Waals surface area contributed by atoms with E-state index >= 15 is 0 Å². The van der Waals surface area contributed by atoms with E-state index in [9.17, 15) is 5.11 Å². The molecule has 4 rings (SSSR count). The first kappa shape index (κ1) is 18.7. The van der Waals surface area contributed by atoms with Gasteiger partial charge in [0.25, 0.3) is 0 Å². The zero-order valence-corrected chi connectivity index (χ0v) is 15.8. The fourth-order valence-corrected chi connectivity index (χ4v) is 3.35. The van der Waals surface area contributed by atoms with Gasteiger partial charge < -0.3 is 14.4 Å². The van der Waals surface area contributed by atoms with Crippen LogP contribution in [0.25, 0.3) is 11.0 Å². The predicted octanol–water partition coefficient (Wildman–Crippen LogP) is 4.47. The first-order valence-electron chi connectivity index (χ1n) is 9.03. The minimum atomic E-state index is -0.572. The maximum Gasteiger partial charge on any atom is 0.119 e. The molecule has 5 heteroatoms. The van der Waals surface area contributed by atoms with Crippen molar-refractivity contribution in [2.24, 2.45) is 0 Å². The quantitative estimate of drug-likeness (QED) is 0.694. The van der Waals surface area contributed by atoms with Crippen LogP contribution in [0.2, 0.25) is 0 Å². The number of aliphatic hydroxyl groups is 1. The Bertz CT molecular complexity index is 856. The van der Waals surface area contributed by atoms with Crippen molar-refractivity contribution in [3.05, 3.63) is 59.9 Å². The van der Waals surface area contributed by atoms with Gasteiger partial charge in [-0.3, -0.25) is 0 Å². The maximum absolute atomic E-state index is 10.5. The van der Waals surface area contributed by atoms with Gasteiger partial charge in [0.15, 0.2) is 0 Å². The fourth-order valence-electron chi connectivity index (χ4n) is 3.35. The molecular weight excluding hydrogens is 348 g/mol. The molecular formula is C21H25ClN2O2. The molecule has 0 aliphatic heterocycles. The standard InChI is InChI=1S/C21H24N2O2.ClH/c1-15-9-11-18(12-10-15)25-14-17(24)13-23-20-8-3-2-7-19(20)22-21(23)16-5-4-6-16;/h2-3,7-12,16-17,24H,4-6,13-14H2,1H3;1H. The van der Waals surface area contributed by atoms with Gasteiger partial charge in [0.2, 0.25) is 0 Å². The number of halogens is 1. The van der Waals surface area contributed by atoms with Crippen LogP contribution in [-0.4, -0.2) is 27.4 Å². The van der Waals surface area contributed by atoms with E-state index in [1.807, 2.05) is 49.4 Å². The second-order valence-electron chi connectivity index (χ2n) is 6.98. The summed E-state index contributed by atoms with van der Waals surface area (Å²) in [7, 11) is 0. The molecule has 3 aromatic rings. The molecule has 138 valence electrons. The SMILES string of the molecule is Cc1ccc(OCC(O)Cn2c(C3CCC3)nc3ccccc32)cc1.Cl. The van der Waals surface area contributed by atoms with Crippen LogP contribution in [0.4, 0.5) is 0 Å². The lowest BCUT2D eigenvalue weighted by molar-refractivity contribution is 0.0919. The number of hydrogen-bond donors (Lipinski definition) is 1. The molecule has 1 aromatic heterocycles. The Morgan fingerprint density at radius 2 is 1.88 bits per heavy atom. The second kappa shape index (κ2) is 8.11. The molecule has 0 saturated heterocycles. The molecule has 1 N–H and O–H groups in total. The molecule has 1 atom stereocenters. The average Bonchev–Trinajstić information content (AvgIpc) is 2.91. The van der Waals surface area contributed by atoms with Gasteiger partial charge in [-0.25, -0.2) is 4.98 Å². The van der Waals surface area contributed by atoms with Crippen molar-refractivity contribution in [3.8, 4) is 5.75 Å². The molecule has 26 heavy (non-hydrogen) atoms. The van der Waals surface area contributed by atoms with Crippen molar-refractivity contribution in [2.75, 3.05) is 6.61 Å². The first-order valence-corrected chi connectivity index (χ1v) is 9.03. The molecule has 1 heterocycles. The number of ether oxygens (including phenoxy) is 1. The Hall–Kier alpha value is -2.04. The zero-order valence-electron chi connectivity index (χ0n) is 15.0. The van der Waals surface area contributed by atoms with Crippen molar-refractivity contribution in [1.29, 1.82) is 0 Å². The third kappa shape index (κ3) is 3.87. The predicted molar refractivity (Wildman–Crippen MR) is 106 cm³/mol. The Balaban J connectivity index is 0.00000196. The molecule has 0 bridgehead atoms. The number of rotatable bonds is 6. The number of fused-ring (bicyclic) bond motifs is 1. The van der Waals surface area contributed by atoms with E-state index in [1.165, 1.54) is 24.8 Å². The van der Waals surface area contributed by atoms with E-state index in [0.29, 0.717) is 12.5 Å². The number of aryl methyl sites for hydroxylation is 1. The smallest absolute Gasteiger partial charge is 0.119 e. The van der Waals surface area contributed by atoms with Crippen LogP contribution in [0, 0.1) is 6.92 Å². The molecule has 1 fully saturated rings. The van der Waals surface area contributed by atoms with Gasteiger partial charge in [-0.15, -0.1) is 12.4 Å². The number of benzene rings is 2. The zero-order chi connectivity index (χ0) is 17.2. The van der Waals surface area contributed by atoms with E-state index < -0.39 is 6.10 Å². The van der Waals surface area contributed by atoms with Crippen molar-refractivity contribution in [1.82, 2.24) is 9.55 Å². The van der Waals surface area contributed by atoms with Gasteiger partial charge in [-0.05, 0) is 44.0 Å². The summed E-state index contributed by atoms with van der Waals surface area (Å²) in [6.07, 6.45) is 3.09. The van der Waals surface area contributed by atoms with Crippen molar-refractivity contribution >= 4 is 23.4 Å². The van der Waals surface area contributed by atoms with Gasteiger partial charge in [-0.2, -0.15) is 0 Å². The van der Waals surface area contributed by atoms with Crippen LogP contribution < -0.4 is 4.74 Å². The number of nitrogens with zero attached hydrogens (tertiary/aromatic N) is 2. The third-order valence-electron chi connectivity index (χ3n) is 5.01. The van der Waals surface area contributed by atoms with Gasteiger partial charge in [-0.1, -0.05) is 36.2 Å². The first-order chi connectivity index (χ1) is 12.2. The van der Waals surface area contributed by atoms with Crippen LogP contribution in [-0.2, 0) is 6.54 Å². The summed E-state index contributed by atoms with van der Waals surface area (Å²) in [4.78, 5) is 4.83. The monoisotopic (exact) mass is 372 g/mol. The van der Waals surface area contributed by atoms with Crippen molar-refractivity contribution < 1.29 is 9.84 Å². The summed E-state index contributed by atoms with van der Waals surface area (Å²) in [5.74, 6) is 2.43. The van der Waals surface area contributed by atoms with Crippen LogP contribution in [0.3, 0.4) is 0 Å². The molecule has 1 saturated carbocycles. The third-order valence-corrected chi connectivity index (χ3v) is 5.01. The Kier molecular flexibility index (Phi) is 5.84. The topological polar surface area (TPSA) is 47.3 Å². The van der Waals surface area contributed by atoms with Gasteiger partial charge in [0.1, 0.15) is 24.3 Å².